The van der Waals surface area contributed by atoms with Gasteiger partial charge in [0.1, 0.15) is 0 Å². The van der Waals surface area contributed by atoms with Gasteiger partial charge in [-0.25, -0.2) is 0 Å². The third kappa shape index (κ3) is 5.18. The minimum Gasteiger partial charge on any atom is -0.159 e. The molecule has 0 saturated heterocycles. The lowest BCUT2D eigenvalue weighted by atomic mass is 9.68. The first-order valence-corrected chi connectivity index (χ1v) is 11.5. The molecule has 0 unspecified atom stereocenters. The van der Waals surface area contributed by atoms with Crippen molar-refractivity contribution in [3.8, 4) is 0 Å². The molecule has 0 aliphatic heterocycles. The van der Waals surface area contributed by atoms with Crippen molar-refractivity contribution in [3.05, 3.63) is 0 Å². The van der Waals surface area contributed by atoms with Crippen LogP contribution >= 0.6 is 11.8 Å². The summed E-state index contributed by atoms with van der Waals surface area (Å²) in [5.74, 6) is 3.24. The molecule has 0 N–H and O–H groups in total. The maximum absolute atomic E-state index is 2.38. The van der Waals surface area contributed by atoms with Crippen LogP contribution < -0.4 is 0 Å². The van der Waals surface area contributed by atoms with Gasteiger partial charge >= 0.3 is 0 Å². The van der Waals surface area contributed by atoms with Crippen molar-refractivity contribution >= 4 is 11.8 Å². The van der Waals surface area contributed by atoms with E-state index in [2.05, 4.69) is 31.9 Å². The fourth-order valence-electron chi connectivity index (χ4n) is 5.25. The minimum absolute atomic E-state index is 0.658. The van der Waals surface area contributed by atoms with Crippen molar-refractivity contribution in [3.63, 3.8) is 0 Å². The number of hydrogen-bond acceptors (Lipinski definition) is 1. The summed E-state index contributed by atoms with van der Waals surface area (Å²) >= 11 is 2.20. The highest BCUT2D eigenvalue weighted by Gasteiger charge is 2.37. The molecule has 0 nitrogen and oxygen atoms in total. The van der Waals surface area contributed by atoms with E-state index in [-0.39, 0.29) is 0 Å². The van der Waals surface area contributed by atoms with Crippen LogP contribution in [0.1, 0.15) is 104 Å². The van der Waals surface area contributed by atoms with Crippen molar-refractivity contribution < 1.29 is 0 Å². The van der Waals surface area contributed by atoms with E-state index in [1.165, 1.54) is 64.2 Å². The van der Waals surface area contributed by atoms with E-state index >= 15 is 0 Å². The summed E-state index contributed by atoms with van der Waals surface area (Å²) in [5.41, 5.74) is 0. The Labute approximate surface area is 144 Å². The lowest BCUT2D eigenvalue weighted by molar-refractivity contribution is 0.148. The number of unbranched alkanes of at least 4 members (excludes halogenated alkanes) is 2. The van der Waals surface area contributed by atoms with E-state index in [4.69, 9.17) is 0 Å². The zero-order chi connectivity index (χ0) is 15.8. The highest BCUT2D eigenvalue weighted by molar-refractivity contribution is 8.00. The predicted molar refractivity (Wildman–Crippen MR) is 103 cm³/mol. The Morgan fingerprint density at radius 1 is 0.818 bits per heavy atom. The maximum atomic E-state index is 2.38. The lowest BCUT2D eigenvalue weighted by Crippen LogP contribution is -2.34. The van der Waals surface area contributed by atoms with E-state index in [9.17, 15) is 0 Å². The zero-order valence-electron chi connectivity index (χ0n) is 15.5. The molecular formula is C21H40S. The Hall–Kier alpha value is 0.350. The molecule has 0 radical (unpaired) electrons. The fourth-order valence-corrected chi connectivity index (χ4v) is 6.24. The van der Waals surface area contributed by atoms with Gasteiger partial charge in [-0.1, -0.05) is 58.8 Å². The van der Waals surface area contributed by atoms with Gasteiger partial charge in [0.25, 0.3) is 0 Å². The highest BCUT2D eigenvalue weighted by Crippen LogP contribution is 2.48. The Balaban J connectivity index is 1.74. The van der Waals surface area contributed by atoms with Gasteiger partial charge in [0.15, 0.2) is 0 Å². The molecular weight excluding hydrogens is 284 g/mol. The first kappa shape index (κ1) is 18.7. The van der Waals surface area contributed by atoms with E-state index in [0.29, 0.717) is 4.75 Å². The summed E-state index contributed by atoms with van der Waals surface area (Å²) in [6.07, 6.45) is 23.3. The molecule has 0 aromatic rings. The van der Waals surface area contributed by atoms with Crippen LogP contribution in [0.2, 0.25) is 0 Å². The third-order valence-corrected chi connectivity index (χ3v) is 8.34. The van der Waals surface area contributed by atoms with Crippen LogP contribution in [0.15, 0.2) is 0 Å². The molecule has 0 atom stereocenters. The Kier molecular flexibility index (Phi) is 8.15. The van der Waals surface area contributed by atoms with Gasteiger partial charge in [0, 0.05) is 4.75 Å². The summed E-state index contributed by atoms with van der Waals surface area (Å²) in [7, 11) is 0. The molecule has 2 saturated carbocycles. The second kappa shape index (κ2) is 9.60. The largest absolute Gasteiger partial charge is 0.159 e. The van der Waals surface area contributed by atoms with Gasteiger partial charge in [-0.15, -0.1) is 0 Å². The molecule has 1 heteroatoms. The average molecular weight is 325 g/mol. The van der Waals surface area contributed by atoms with Crippen LogP contribution in [0, 0.1) is 17.8 Å². The Bertz CT molecular complexity index is 282. The van der Waals surface area contributed by atoms with Crippen LogP contribution in [0.5, 0.6) is 0 Å². The van der Waals surface area contributed by atoms with Crippen LogP contribution in [0.25, 0.3) is 0 Å². The molecule has 2 aliphatic carbocycles. The zero-order valence-corrected chi connectivity index (χ0v) is 16.4. The second-order valence-corrected chi connectivity index (χ2v) is 9.53. The summed E-state index contributed by atoms with van der Waals surface area (Å²) < 4.78 is 0.658. The van der Waals surface area contributed by atoms with Crippen molar-refractivity contribution in [2.45, 2.75) is 108 Å². The van der Waals surface area contributed by atoms with E-state index < -0.39 is 0 Å². The molecule has 2 fully saturated rings. The molecule has 130 valence electrons. The van der Waals surface area contributed by atoms with Crippen molar-refractivity contribution in [2.24, 2.45) is 17.8 Å². The van der Waals surface area contributed by atoms with Gasteiger partial charge < -0.3 is 0 Å². The van der Waals surface area contributed by atoms with Gasteiger partial charge in [-0.2, -0.15) is 11.8 Å². The average Bonchev–Trinajstić information content (AvgIpc) is 2.57. The summed E-state index contributed by atoms with van der Waals surface area (Å²) in [5, 5.41) is 0. The molecule has 0 spiro atoms. The van der Waals surface area contributed by atoms with Crippen LogP contribution in [0.4, 0.5) is 0 Å². The van der Waals surface area contributed by atoms with E-state index in [1.54, 1.807) is 25.7 Å². The molecule has 2 rings (SSSR count). The third-order valence-electron chi connectivity index (χ3n) is 6.87. The summed E-state index contributed by atoms with van der Waals surface area (Å²) in [4.78, 5) is 0. The molecule has 0 aromatic heterocycles. The predicted octanol–water partition coefficient (Wildman–Crippen LogP) is 7.47. The van der Waals surface area contributed by atoms with Crippen LogP contribution in [0.3, 0.4) is 0 Å². The summed E-state index contributed by atoms with van der Waals surface area (Å²) in [6, 6.07) is 0. The molecule has 2 aliphatic rings. The topological polar surface area (TPSA) is 0 Å². The number of thioether (sulfide) groups is 1. The lowest BCUT2D eigenvalue weighted by Gasteiger charge is -2.43. The van der Waals surface area contributed by atoms with E-state index in [0.717, 1.165) is 17.8 Å². The first-order valence-electron chi connectivity index (χ1n) is 10.3. The number of rotatable bonds is 8. The smallest absolute Gasteiger partial charge is 0.0157 e. The van der Waals surface area contributed by atoms with Crippen molar-refractivity contribution in [2.75, 3.05) is 6.26 Å². The SMILES string of the molecule is CCCCCC1(SC)CCC(C2CCC(CCC)CC2)CC1. The number of hydrogen-bond donors (Lipinski definition) is 0. The maximum Gasteiger partial charge on any atom is 0.0157 e. The molecule has 0 aromatic carbocycles. The van der Waals surface area contributed by atoms with Gasteiger partial charge in [0.05, 0.1) is 0 Å². The van der Waals surface area contributed by atoms with Gasteiger partial charge in [-0.3, -0.25) is 0 Å². The molecule has 22 heavy (non-hydrogen) atoms. The second-order valence-electron chi connectivity index (χ2n) is 8.25. The van der Waals surface area contributed by atoms with E-state index in [1.807, 2.05) is 0 Å². The molecule has 0 heterocycles. The van der Waals surface area contributed by atoms with Crippen molar-refractivity contribution in [1.29, 1.82) is 0 Å². The van der Waals surface area contributed by atoms with Crippen LogP contribution in [-0.4, -0.2) is 11.0 Å². The minimum atomic E-state index is 0.658. The standard InChI is InChI=1S/C21H40S/c1-4-6-7-15-21(22-3)16-13-20(14-17-21)19-11-9-18(8-5-2)10-12-19/h18-20H,4-17H2,1-3H3. The summed E-state index contributed by atoms with van der Waals surface area (Å²) in [6.45, 7) is 4.69. The molecule has 0 bridgehead atoms. The monoisotopic (exact) mass is 324 g/mol. The van der Waals surface area contributed by atoms with Crippen LogP contribution in [-0.2, 0) is 0 Å². The molecule has 0 amide bonds. The first-order chi connectivity index (χ1) is 10.7. The Morgan fingerprint density at radius 3 is 2.00 bits per heavy atom. The highest BCUT2D eigenvalue weighted by atomic mass is 32.2. The fraction of sp³-hybridized carbons (Fsp3) is 1.00. The van der Waals surface area contributed by atoms with Gasteiger partial charge in [0.2, 0.25) is 0 Å². The quantitative estimate of drug-likeness (QED) is 0.417. The van der Waals surface area contributed by atoms with Crippen molar-refractivity contribution in [1.82, 2.24) is 0 Å². The normalized spacial score (nSPS) is 36.4. The van der Waals surface area contributed by atoms with Gasteiger partial charge in [-0.05, 0) is 69.0 Å². The Morgan fingerprint density at radius 2 is 1.45 bits per heavy atom.